The van der Waals surface area contributed by atoms with Crippen molar-refractivity contribution in [1.29, 1.82) is 0 Å². The minimum Gasteiger partial charge on any atom is -0.399 e. The second kappa shape index (κ2) is 4.52. The first-order valence-electron chi connectivity index (χ1n) is 7.63. The molecule has 0 radical (unpaired) electrons. The molecule has 0 saturated heterocycles. The van der Waals surface area contributed by atoms with Crippen molar-refractivity contribution >= 4 is 5.69 Å². The predicted molar refractivity (Wildman–Crippen MR) is 81.1 cm³/mol. The Morgan fingerprint density at radius 3 is 2.16 bits per heavy atom. The molecule has 3 rings (SSSR count). The molecular formula is C17H26N2. The highest BCUT2D eigenvalue weighted by atomic mass is 14.9. The lowest BCUT2D eigenvalue weighted by molar-refractivity contribution is 0.333. The average molecular weight is 258 g/mol. The van der Waals surface area contributed by atoms with Crippen LogP contribution in [0.25, 0.3) is 0 Å². The lowest BCUT2D eigenvalue weighted by Gasteiger charge is -2.23. The third kappa shape index (κ3) is 2.51. The summed E-state index contributed by atoms with van der Waals surface area (Å²) in [5, 5.41) is 3.75. The summed E-state index contributed by atoms with van der Waals surface area (Å²) in [5.41, 5.74) is 9.11. The average Bonchev–Trinajstić information content (AvgIpc) is 3.26. The second-order valence-corrected chi connectivity index (χ2v) is 7.02. The molecule has 3 N–H and O–H groups in total. The lowest BCUT2D eigenvalue weighted by atomic mass is 9.91. The third-order valence-corrected chi connectivity index (χ3v) is 5.43. The van der Waals surface area contributed by atoms with Gasteiger partial charge in [-0.1, -0.05) is 26.0 Å². The van der Waals surface area contributed by atoms with Gasteiger partial charge in [0.25, 0.3) is 0 Å². The van der Waals surface area contributed by atoms with Crippen LogP contribution >= 0.6 is 0 Å². The normalized spacial score (nSPS) is 22.5. The van der Waals surface area contributed by atoms with E-state index in [0.717, 1.165) is 18.2 Å². The van der Waals surface area contributed by atoms with Gasteiger partial charge in [-0.15, -0.1) is 0 Å². The van der Waals surface area contributed by atoms with E-state index in [1.54, 1.807) is 0 Å². The summed E-state index contributed by atoms with van der Waals surface area (Å²) < 4.78 is 0. The first kappa shape index (κ1) is 13.0. The van der Waals surface area contributed by atoms with E-state index in [9.17, 15) is 0 Å². The molecule has 0 atom stereocenters. The van der Waals surface area contributed by atoms with Gasteiger partial charge in [0.1, 0.15) is 0 Å². The highest BCUT2D eigenvalue weighted by Gasteiger charge is 2.47. The number of hydrogen-bond acceptors (Lipinski definition) is 2. The van der Waals surface area contributed by atoms with E-state index in [-0.39, 0.29) is 0 Å². The molecule has 1 aromatic carbocycles. The molecule has 2 saturated carbocycles. The molecule has 2 aliphatic carbocycles. The van der Waals surface area contributed by atoms with Crippen LogP contribution in [0.1, 0.15) is 45.1 Å². The lowest BCUT2D eigenvalue weighted by Crippen LogP contribution is -2.33. The molecule has 2 heteroatoms. The Kier molecular flexibility index (Phi) is 3.09. The Hall–Kier alpha value is -1.02. The van der Waals surface area contributed by atoms with Gasteiger partial charge in [0.2, 0.25) is 0 Å². The van der Waals surface area contributed by atoms with Crippen LogP contribution in [0.3, 0.4) is 0 Å². The van der Waals surface area contributed by atoms with Crippen LogP contribution < -0.4 is 11.1 Å². The molecule has 0 amide bonds. The minimum absolute atomic E-state index is 0.404. The molecule has 1 aromatic rings. The van der Waals surface area contributed by atoms with E-state index in [2.05, 4.69) is 31.3 Å². The first-order valence-corrected chi connectivity index (χ1v) is 7.63. The summed E-state index contributed by atoms with van der Waals surface area (Å²) in [6.45, 7) is 7.05. The monoisotopic (exact) mass is 258 g/mol. The smallest absolute Gasteiger partial charge is 0.0314 e. The highest BCUT2D eigenvalue weighted by molar-refractivity contribution is 5.43. The maximum Gasteiger partial charge on any atom is 0.0314 e. The number of nitrogen functional groups attached to an aromatic ring is 1. The number of hydrogen-bond donors (Lipinski definition) is 2. The van der Waals surface area contributed by atoms with Crippen LogP contribution in [-0.2, 0) is 5.41 Å². The summed E-state index contributed by atoms with van der Waals surface area (Å²) in [7, 11) is 0. The third-order valence-electron chi connectivity index (χ3n) is 5.43. The topological polar surface area (TPSA) is 38.0 Å². The van der Waals surface area contributed by atoms with Gasteiger partial charge in [0, 0.05) is 24.2 Å². The molecule has 0 aromatic heterocycles. The number of rotatable bonds is 6. The van der Waals surface area contributed by atoms with E-state index in [1.165, 1.54) is 37.8 Å². The van der Waals surface area contributed by atoms with Crippen LogP contribution in [0.2, 0.25) is 0 Å². The summed E-state index contributed by atoms with van der Waals surface area (Å²) in [4.78, 5) is 0. The molecule has 0 aliphatic heterocycles. The second-order valence-electron chi connectivity index (χ2n) is 7.02. The summed E-state index contributed by atoms with van der Waals surface area (Å²) in [6, 6.07) is 8.48. The number of nitrogens with one attached hydrogen (secondary N) is 1. The van der Waals surface area contributed by atoms with E-state index in [1.807, 2.05) is 12.1 Å². The van der Waals surface area contributed by atoms with Gasteiger partial charge < -0.3 is 11.1 Å². The van der Waals surface area contributed by atoms with Crippen LogP contribution in [-0.4, -0.2) is 13.1 Å². The van der Waals surface area contributed by atoms with Gasteiger partial charge in [-0.05, 0) is 54.7 Å². The highest BCUT2D eigenvalue weighted by Crippen LogP contribution is 2.52. The van der Waals surface area contributed by atoms with Gasteiger partial charge in [0.05, 0.1) is 0 Å². The van der Waals surface area contributed by atoms with E-state index < -0.39 is 0 Å². The Balaban J connectivity index is 1.56. The van der Waals surface area contributed by atoms with Crippen molar-refractivity contribution in [3.63, 3.8) is 0 Å². The van der Waals surface area contributed by atoms with Crippen LogP contribution in [0, 0.1) is 11.3 Å². The van der Waals surface area contributed by atoms with Crippen molar-refractivity contribution in [3.8, 4) is 0 Å². The molecule has 2 fully saturated rings. The molecule has 2 aliphatic rings. The Bertz CT molecular complexity index is 439. The number of benzene rings is 1. The Morgan fingerprint density at radius 1 is 1.05 bits per heavy atom. The van der Waals surface area contributed by atoms with E-state index in [0.29, 0.717) is 10.8 Å². The molecule has 0 spiro atoms. The van der Waals surface area contributed by atoms with Gasteiger partial charge in [0.15, 0.2) is 0 Å². The Labute approximate surface area is 116 Å². The van der Waals surface area contributed by atoms with E-state index in [4.69, 9.17) is 5.73 Å². The first-order chi connectivity index (χ1) is 9.06. The fraction of sp³-hybridized carbons (Fsp3) is 0.647. The SMILES string of the molecule is CC(C)C1(CNCC2(c3ccc(N)cc3)CC2)CC1. The molecule has 0 unspecified atom stereocenters. The van der Waals surface area contributed by atoms with Crippen molar-refractivity contribution in [2.75, 3.05) is 18.8 Å². The van der Waals surface area contributed by atoms with Crippen molar-refractivity contribution in [2.24, 2.45) is 11.3 Å². The van der Waals surface area contributed by atoms with Crippen LogP contribution in [0.4, 0.5) is 5.69 Å². The van der Waals surface area contributed by atoms with Crippen LogP contribution in [0.5, 0.6) is 0 Å². The fourth-order valence-electron chi connectivity index (χ4n) is 3.22. The standard InChI is InChI=1S/C17H26N2/c1-13(2)16(7-8-16)11-19-12-17(9-10-17)14-3-5-15(18)6-4-14/h3-6,13,19H,7-12,18H2,1-2H3. The number of anilines is 1. The molecule has 104 valence electrons. The molecule has 0 heterocycles. The van der Waals surface area contributed by atoms with Crippen LogP contribution in [0.15, 0.2) is 24.3 Å². The quantitative estimate of drug-likeness (QED) is 0.768. The largest absolute Gasteiger partial charge is 0.399 e. The van der Waals surface area contributed by atoms with Gasteiger partial charge in [-0.3, -0.25) is 0 Å². The van der Waals surface area contributed by atoms with Gasteiger partial charge >= 0.3 is 0 Å². The zero-order chi connectivity index (χ0) is 13.5. The zero-order valence-corrected chi connectivity index (χ0v) is 12.2. The van der Waals surface area contributed by atoms with Crippen molar-refractivity contribution < 1.29 is 0 Å². The van der Waals surface area contributed by atoms with E-state index >= 15 is 0 Å². The van der Waals surface area contributed by atoms with Crippen molar-refractivity contribution in [3.05, 3.63) is 29.8 Å². The maximum absolute atomic E-state index is 5.77. The summed E-state index contributed by atoms with van der Waals surface area (Å²) >= 11 is 0. The predicted octanol–water partition coefficient (Wildman–Crippen LogP) is 3.33. The molecule has 2 nitrogen and oxygen atoms in total. The molecular weight excluding hydrogens is 232 g/mol. The maximum atomic E-state index is 5.77. The fourth-order valence-corrected chi connectivity index (χ4v) is 3.22. The minimum atomic E-state index is 0.404. The Morgan fingerprint density at radius 2 is 1.68 bits per heavy atom. The molecule has 0 bridgehead atoms. The zero-order valence-electron chi connectivity index (χ0n) is 12.2. The van der Waals surface area contributed by atoms with Gasteiger partial charge in [-0.2, -0.15) is 0 Å². The number of nitrogens with two attached hydrogens (primary N) is 1. The summed E-state index contributed by atoms with van der Waals surface area (Å²) in [6.07, 6.45) is 5.45. The van der Waals surface area contributed by atoms with Crippen molar-refractivity contribution in [1.82, 2.24) is 5.32 Å². The summed E-state index contributed by atoms with van der Waals surface area (Å²) in [5.74, 6) is 0.812. The van der Waals surface area contributed by atoms with Gasteiger partial charge in [-0.25, -0.2) is 0 Å². The molecule has 19 heavy (non-hydrogen) atoms. The van der Waals surface area contributed by atoms with Crippen molar-refractivity contribution in [2.45, 2.75) is 44.9 Å².